The lowest BCUT2D eigenvalue weighted by atomic mass is 10.3. The molecule has 0 atom stereocenters. The molecule has 2 heterocycles. The number of hydrogen-bond donors (Lipinski definition) is 1. The highest BCUT2D eigenvalue weighted by Gasteiger charge is 2.28. The number of hydrogen-bond acceptors (Lipinski definition) is 5. The second-order valence-electron chi connectivity index (χ2n) is 4.13. The molecule has 1 N–H and O–H groups in total. The van der Waals surface area contributed by atoms with Crippen molar-refractivity contribution in [3.63, 3.8) is 0 Å². The molecule has 0 spiro atoms. The fourth-order valence-corrected chi connectivity index (χ4v) is 1.59. The van der Waals surface area contributed by atoms with Crippen molar-refractivity contribution in [2.75, 3.05) is 26.2 Å². The Morgan fingerprint density at radius 2 is 1.95 bits per heavy atom. The number of carbonyl (C=O) groups is 1. The van der Waals surface area contributed by atoms with Crippen molar-refractivity contribution in [2.45, 2.75) is 12.7 Å². The van der Waals surface area contributed by atoms with Crippen molar-refractivity contribution < 1.29 is 23.1 Å². The van der Waals surface area contributed by atoms with Crippen LogP contribution in [0.5, 0.6) is 0 Å². The first kappa shape index (κ1) is 16.4. The van der Waals surface area contributed by atoms with Crippen molar-refractivity contribution >= 4 is 5.97 Å². The molecule has 1 fully saturated rings. The van der Waals surface area contributed by atoms with Crippen LogP contribution in [0.15, 0.2) is 24.4 Å². The summed E-state index contributed by atoms with van der Waals surface area (Å²) < 4.78 is 31.5. The largest absolute Gasteiger partial charge is 0.542 e. The summed E-state index contributed by atoms with van der Waals surface area (Å²) in [5.74, 6) is -3.01. The summed E-state index contributed by atoms with van der Waals surface area (Å²) in [6.07, 6.45) is -3.34. The lowest BCUT2D eigenvalue weighted by Gasteiger charge is -2.26. The first-order valence-electron chi connectivity index (χ1n) is 6.01. The van der Waals surface area contributed by atoms with Crippen LogP contribution in [0.3, 0.4) is 0 Å². The lowest BCUT2D eigenvalue weighted by Crippen LogP contribution is -2.43. The third-order valence-corrected chi connectivity index (χ3v) is 2.55. The zero-order chi connectivity index (χ0) is 15.0. The van der Waals surface area contributed by atoms with Gasteiger partial charge in [0, 0.05) is 38.9 Å². The molecule has 0 saturated carbocycles. The van der Waals surface area contributed by atoms with Crippen molar-refractivity contribution in [1.29, 1.82) is 0 Å². The molecule has 0 aromatic carbocycles. The van der Waals surface area contributed by atoms with E-state index in [-0.39, 0.29) is 0 Å². The highest BCUT2D eigenvalue weighted by Crippen LogP contribution is 2.11. The predicted molar refractivity (Wildman–Crippen MR) is 63.4 cm³/mol. The zero-order valence-corrected chi connectivity index (χ0v) is 10.7. The van der Waals surface area contributed by atoms with Gasteiger partial charge >= 0.3 is 6.18 Å². The van der Waals surface area contributed by atoms with Gasteiger partial charge in [0.2, 0.25) is 0 Å². The van der Waals surface area contributed by atoms with Crippen LogP contribution >= 0.6 is 0 Å². The van der Waals surface area contributed by atoms with Gasteiger partial charge in [0.05, 0.1) is 5.69 Å². The Kier molecular flexibility index (Phi) is 6.40. The summed E-state index contributed by atoms with van der Waals surface area (Å²) >= 11 is 0. The Bertz CT molecular complexity index is 406. The number of alkyl halides is 3. The van der Waals surface area contributed by atoms with E-state index in [2.05, 4.69) is 21.3 Å². The van der Waals surface area contributed by atoms with Crippen LogP contribution in [0.25, 0.3) is 0 Å². The van der Waals surface area contributed by atoms with Crippen LogP contribution in [0.2, 0.25) is 0 Å². The van der Waals surface area contributed by atoms with Gasteiger partial charge in [-0.15, -0.1) is 0 Å². The number of piperazine rings is 1. The minimum absolute atomic E-state index is 0.989. The van der Waals surface area contributed by atoms with Crippen molar-refractivity contribution in [2.24, 2.45) is 0 Å². The number of carbonyl (C=O) groups excluding carboxylic acids is 1. The van der Waals surface area contributed by atoms with E-state index in [1.807, 2.05) is 18.3 Å². The number of carboxylic acid groups (broad SMARTS) is 1. The second-order valence-corrected chi connectivity index (χ2v) is 4.13. The van der Waals surface area contributed by atoms with Gasteiger partial charge in [-0.2, -0.15) is 13.2 Å². The molecule has 8 heteroatoms. The van der Waals surface area contributed by atoms with E-state index in [1.54, 1.807) is 0 Å². The molecule has 0 amide bonds. The number of aromatic nitrogens is 1. The fraction of sp³-hybridized carbons (Fsp3) is 0.500. The number of halogens is 3. The highest BCUT2D eigenvalue weighted by molar-refractivity contribution is 5.70. The van der Waals surface area contributed by atoms with Crippen molar-refractivity contribution in [1.82, 2.24) is 15.2 Å². The Morgan fingerprint density at radius 1 is 1.35 bits per heavy atom. The summed E-state index contributed by atoms with van der Waals surface area (Å²) in [5.41, 5.74) is 1.17. The van der Waals surface area contributed by atoms with Gasteiger partial charge in [0.25, 0.3) is 0 Å². The standard InChI is InChI=1S/C10H15N3.C2HF3O2/c1-2-4-12-10(3-1)9-13-7-5-11-6-8-13;3-2(4,5)1(6)7/h1-4,11H,5-9H2;(H,6,7)/p-1. The molecule has 1 saturated heterocycles. The van der Waals surface area contributed by atoms with Gasteiger partial charge in [-0.05, 0) is 12.1 Å². The average Bonchev–Trinajstić information content (AvgIpc) is 2.40. The van der Waals surface area contributed by atoms with Crippen LogP contribution in [0.1, 0.15) is 5.69 Å². The van der Waals surface area contributed by atoms with E-state index in [0.29, 0.717) is 0 Å². The fourth-order valence-electron chi connectivity index (χ4n) is 1.59. The second kappa shape index (κ2) is 7.81. The van der Waals surface area contributed by atoms with Crippen molar-refractivity contribution in [3.05, 3.63) is 30.1 Å². The molecule has 1 aliphatic heterocycles. The number of nitrogens with zero attached hydrogens (tertiary/aromatic N) is 2. The smallest absolute Gasteiger partial charge is 0.430 e. The Morgan fingerprint density at radius 3 is 2.40 bits per heavy atom. The third kappa shape index (κ3) is 6.48. The minimum atomic E-state index is -5.19. The molecule has 5 nitrogen and oxygen atoms in total. The lowest BCUT2D eigenvalue weighted by molar-refractivity contribution is -0.344. The van der Waals surface area contributed by atoms with E-state index >= 15 is 0 Å². The van der Waals surface area contributed by atoms with E-state index < -0.39 is 12.1 Å². The normalized spacial score (nSPS) is 16.1. The average molecular weight is 290 g/mol. The van der Waals surface area contributed by atoms with Crippen LogP contribution in [0, 0.1) is 0 Å². The van der Waals surface area contributed by atoms with Gasteiger partial charge < -0.3 is 15.2 Å². The molecule has 20 heavy (non-hydrogen) atoms. The molecule has 112 valence electrons. The molecule has 0 aliphatic carbocycles. The number of nitrogens with one attached hydrogen (secondary N) is 1. The van der Waals surface area contributed by atoms with E-state index in [1.165, 1.54) is 5.69 Å². The molecule has 2 rings (SSSR count). The molecule has 0 radical (unpaired) electrons. The molecule has 0 unspecified atom stereocenters. The molecule has 0 bridgehead atoms. The SMILES string of the molecule is O=C([O-])C(F)(F)F.c1ccc(CN2CCNCC2)nc1. The summed E-state index contributed by atoms with van der Waals surface area (Å²) in [5, 5.41) is 12.1. The molecule has 1 aliphatic rings. The Hall–Kier alpha value is -1.67. The molecular formula is C12H15F3N3O2-. The van der Waals surface area contributed by atoms with E-state index in [4.69, 9.17) is 9.90 Å². The van der Waals surface area contributed by atoms with Crippen LogP contribution in [0.4, 0.5) is 13.2 Å². The first-order chi connectivity index (χ1) is 9.39. The third-order valence-electron chi connectivity index (χ3n) is 2.55. The van der Waals surface area contributed by atoms with E-state index in [0.717, 1.165) is 32.7 Å². The van der Waals surface area contributed by atoms with Crippen LogP contribution in [-0.4, -0.2) is 48.2 Å². The maximum absolute atomic E-state index is 10.5. The summed E-state index contributed by atoms with van der Waals surface area (Å²) in [6.45, 7) is 5.47. The maximum atomic E-state index is 10.5. The number of aliphatic carboxylic acids is 1. The van der Waals surface area contributed by atoms with Crippen LogP contribution in [-0.2, 0) is 11.3 Å². The van der Waals surface area contributed by atoms with Crippen molar-refractivity contribution in [3.8, 4) is 0 Å². The predicted octanol–water partition coefficient (Wildman–Crippen LogP) is -0.215. The molecule has 1 aromatic rings. The Labute approximate surface area is 114 Å². The number of rotatable bonds is 2. The summed E-state index contributed by atoms with van der Waals surface area (Å²) in [4.78, 5) is 15.5. The van der Waals surface area contributed by atoms with Gasteiger partial charge in [0.15, 0.2) is 0 Å². The molecular weight excluding hydrogens is 275 g/mol. The summed E-state index contributed by atoms with van der Waals surface area (Å²) in [7, 11) is 0. The van der Waals surface area contributed by atoms with Gasteiger partial charge in [-0.1, -0.05) is 6.07 Å². The first-order valence-corrected chi connectivity index (χ1v) is 6.01. The number of pyridine rings is 1. The monoisotopic (exact) mass is 290 g/mol. The van der Waals surface area contributed by atoms with E-state index in [9.17, 15) is 13.2 Å². The highest BCUT2D eigenvalue weighted by atomic mass is 19.4. The van der Waals surface area contributed by atoms with Gasteiger partial charge in [0.1, 0.15) is 5.97 Å². The topological polar surface area (TPSA) is 68.3 Å². The molecule has 1 aromatic heterocycles. The van der Waals surface area contributed by atoms with Gasteiger partial charge in [-0.3, -0.25) is 9.88 Å². The summed E-state index contributed by atoms with van der Waals surface area (Å²) in [6, 6.07) is 6.09. The Balaban J connectivity index is 0.000000246. The minimum Gasteiger partial charge on any atom is -0.542 e. The number of carboxylic acids is 1. The van der Waals surface area contributed by atoms with Crippen LogP contribution < -0.4 is 10.4 Å². The zero-order valence-electron chi connectivity index (χ0n) is 10.7. The van der Waals surface area contributed by atoms with Gasteiger partial charge in [-0.25, -0.2) is 0 Å². The quantitative estimate of drug-likeness (QED) is 0.816. The maximum Gasteiger partial charge on any atom is 0.430 e.